The van der Waals surface area contributed by atoms with E-state index in [-0.39, 0.29) is 12.2 Å². The lowest BCUT2D eigenvalue weighted by Gasteiger charge is -2.48. The molecule has 3 nitrogen and oxygen atoms in total. The summed E-state index contributed by atoms with van der Waals surface area (Å²) in [7, 11) is 0. The van der Waals surface area contributed by atoms with Crippen molar-refractivity contribution in [3.8, 4) is 0 Å². The van der Waals surface area contributed by atoms with Gasteiger partial charge in [0.1, 0.15) is 17.3 Å². The Balaban J connectivity index is 1.66. The van der Waals surface area contributed by atoms with Gasteiger partial charge in [-0.1, -0.05) is 48.1 Å². The molecule has 0 saturated carbocycles. The molecule has 3 aliphatic rings. The Hall–Kier alpha value is -1.42. The fourth-order valence-corrected chi connectivity index (χ4v) is 3.96. The van der Waals surface area contributed by atoms with E-state index in [0.29, 0.717) is 19.4 Å². The average molecular weight is 284 g/mol. The van der Waals surface area contributed by atoms with Gasteiger partial charge in [-0.05, 0) is 18.6 Å². The first-order valence-corrected chi connectivity index (χ1v) is 7.54. The number of aliphatic hydroxyl groups is 1. The van der Waals surface area contributed by atoms with Crippen LogP contribution in [-0.4, -0.2) is 28.5 Å². The van der Waals surface area contributed by atoms with Crippen molar-refractivity contribution in [3.05, 3.63) is 59.7 Å². The summed E-state index contributed by atoms with van der Waals surface area (Å²) in [5.41, 5.74) is 0.672. The molecule has 0 spiro atoms. The Morgan fingerprint density at radius 1 is 1.29 bits per heavy atom. The smallest absolute Gasteiger partial charge is 0.145 e. The van der Waals surface area contributed by atoms with E-state index in [2.05, 4.69) is 19.1 Å². The fraction of sp³-hybridized carbons (Fsp3) is 0.444. The molecule has 1 N–H and O–H groups in total. The summed E-state index contributed by atoms with van der Waals surface area (Å²) in [6.45, 7) is 2.53. The first-order chi connectivity index (χ1) is 10.1. The third kappa shape index (κ3) is 1.92. The zero-order chi connectivity index (χ0) is 14.5. The van der Waals surface area contributed by atoms with Crippen molar-refractivity contribution in [2.24, 2.45) is 0 Å². The molecule has 4 atom stereocenters. The van der Waals surface area contributed by atoms with Crippen LogP contribution in [0.4, 0.5) is 0 Å². The Bertz CT molecular complexity index is 606. The molecule has 0 amide bonds. The SMILES string of the molecule is CC1=C[C@@]2(OCc3ccccc3)[C@@H]3C=C[C@H](C[C@@]2(O)C1)O3. The van der Waals surface area contributed by atoms with E-state index in [1.165, 1.54) is 5.57 Å². The van der Waals surface area contributed by atoms with Gasteiger partial charge in [0.05, 0.1) is 12.7 Å². The number of hydrogen-bond acceptors (Lipinski definition) is 3. The van der Waals surface area contributed by atoms with Gasteiger partial charge in [-0.2, -0.15) is 0 Å². The molecule has 21 heavy (non-hydrogen) atoms. The van der Waals surface area contributed by atoms with E-state index in [4.69, 9.17) is 9.47 Å². The topological polar surface area (TPSA) is 38.7 Å². The van der Waals surface area contributed by atoms with Crippen LogP contribution in [0.2, 0.25) is 0 Å². The Labute approximate surface area is 124 Å². The van der Waals surface area contributed by atoms with Crippen LogP contribution in [0.1, 0.15) is 25.3 Å². The molecule has 3 heteroatoms. The third-order valence-electron chi connectivity index (χ3n) is 4.86. The highest BCUT2D eigenvalue weighted by Gasteiger charge is 2.63. The number of fused-ring (bicyclic) bond motifs is 4. The molecule has 4 rings (SSSR count). The largest absolute Gasteiger partial charge is 0.386 e. The molecule has 2 bridgehead atoms. The second-order valence-corrected chi connectivity index (χ2v) is 6.45. The molecular formula is C18H20O3. The molecule has 2 aliphatic heterocycles. The highest BCUT2D eigenvalue weighted by atomic mass is 16.6. The lowest BCUT2D eigenvalue weighted by atomic mass is 9.77. The second-order valence-electron chi connectivity index (χ2n) is 6.45. The van der Waals surface area contributed by atoms with E-state index in [1.54, 1.807) is 0 Å². The lowest BCUT2D eigenvalue weighted by molar-refractivity contribution is -0.242. The molecule has 2 heterocycles. The van der Waals surface area contributed by atoms with Crippen LogP contribution in [-0.2, 0) is 16.1 Å². The van der Waals surface area contributed by atoms with E-state index in [1.807, 2.05) is 36.4 Å². The molecule has 1 fully saturated rings. The van der Waals surface area contributed by atoms with Crippen LogP contribution in [0.3, 0.4) is 0 Å². The summed E-state index contributed by atoms with van der Waals surface area (Å²) in [5.74, 6) is 0. The zero-order valence-corrected chi connectivity index (χ0v) is 12.2. The van der Waals surface area contributed by atoms with Crippen molar-refractivity contribution in [2.75, 3.05) is 0 Å². The number of benzene rings is 1. The van der Waals surface area contributed by atoms with Gasteiger partial charge in [0.15, 0.2) is 0 Å². The van der Waals surface area contributed by atoms with Crippen LogP contribution in [0.25, 0.3) is 0 Å². The molecule has 1 aliphatic carbocycles. The molecule has 0 aromatic heterocycles. The first kappa shape index (κ1) is 13.3. The van der Waals surface area contributed by atoms with Crippen LogP contribution in [0.15, 0.2) is 54.1 Å². The van der Waals surface area contributed by atoms with Crippen LogP contribution < -0.4 is 0 Å². The van der Waals surface area contributed by atoms with Crippen molar-refractivity contribution in [2.45, 2.75) is 49.8 Å². The van der Waals surface area contributed by atoms with E-state index in [0.717, 1.165) is 5.56 Å². The lowest BCUT2D eigenvalue weighted by Crippen LogP contribution is -2.63. The monoisotopic (exact) mass is 284 g/mol. The van der Waals surface area contributed by atoms with Crippen molar-refractivity contribution in [3.63, 3.8) is 0 Å². The summed E-state index contributed by atoms with van der Waals surface area (Å²) in [5, 5.41) is 11.2. The van der Waals surface area contributed by atoms with Gasteiger partial charge in [0.25, 0.3) is 0 Å². The summed E-state index contributed by atoms with van der Waals surface area (Å²) in [6.07, 6.45) is 7.27. The quantitative estimate of drug-likeness (QED) is 0.867. The minimum absolute atomic E-state index is 0.0211. The summed E-state index contributed by atoms with van der Waals surface area (Å²) < 4.78 is 12.3. The van der Waals surface area contributed by atoms with Gasteiger partial charge in [0, 0.05) is 12.8 Å². The average Bonchev–Trinajstić information content (AvgIpc) is 2.99. The van der Waals surface area contributed by atoms with Gasteiger partial charge in [-0.3, -0.25) is 0 Å². The van der Waals surface area contributed by atoms with Gasteiger partial charge in [-0.25, -0.2) is 0 Å². The summed E-state index contributed by atoms with van der Waals surface area (Å²) >= 11 is 0. The fourth-order valence-electron chi connectivity index (χ4n) is 3.96. The molecule has 0 radical (unpaired) electrons. The standard InChI is InChI=1S/C18H20O3/c1-13-9-17(19)11-15-7-8-16(21-15)18(17,10-13)20-12-14-5-3-2-4-6-14/h2-8,10,15-16,19H,9,11-12H2,1H3/t15-,16+,17+,18-/m1/s1. The third-order valence-corrected chi connectivity index (χ3v) is 4.86. The summed E-state index contributed by atoms with van der Waals surface area (Å²) in [6, 6.07) is 10.1. The summed E-state index contributed by atoms with van der Waals surface area (Å²) in [4.78, 5) is 0. The van der Waals surface area contributed by atoms with Gasteiger partial charge >= 0.3 is 0 Å². The predicted octanol–water partition coefficient (Wildman–Crippen LogP) is 2.75. The Morgan fingerprint density at radius 2 is 2.10 bits per heavy atom. The number of rotatable bonds is 3. The predicted molar refractivity (Wildman–Crippen MR) is 79.7 cm³/mol. The van der Waals surface area contributed by atoms with Crippen molar-refractivity contribution < 1.29 is 14.6 Å². The van der Waals surface area contributed by atoms with Crippen molar-refractivity contribution in [1.82, 2.24) is 0 Å². The molecule has 0 unspecified atom stereocenters. The molecular weight excluding hydrogens is 264 g/mol. The maximum atomic E-state index is 11.2. The van der Waals surface area contributed by atoms with E-state index >= 15 is 0 Å². The van der Waals surface area contributed by atoms with E-state index < -0.39 is 11.2 Å². The Morgan fingerprint density at radius 3 is 2.90 bits per heavy atom. The molecule has 1 aromatic rings. The maximum absolute atomic E-state index is 11.2. The maximum Gasteiger partial charge on any atom is 0.145 e. The van der Waals surface area contributed by atoms with Crippen LogP contribution >= 0.6 is 0 Å². The zero-order valence-electron chi connectivity index (χ0n) is 12.2. The van der Waals surface area contributed by atoms with Crippen molar-refractivity contribution in [1.29, 1.82) is 0 Å². The van der Waals surface area contributed by atoms with Gasteiger partial charge in [-0.15, -0.1) is 0 Å². The van der Waals surface area contributed by atoms with E-state index in [9.17, 15) is 5.11 Å². The molecule has 1 aromatic carbocycles. The molecule has 110 valence electrons. The number of hydrogen-bond donors (Lipinski definition) is 1. The number of ether oxygens (including phenoxy) is 2. The van der Waals surface area contributed by atoms with Crippen LogP contribution in [0, 0.1) is 0 Å². The van der Waals surface area contributed by atoms with Crippen molar-refractivity contribution >= 4 is 0 Å². The Kier molecular flexibility index (Phi) is 2.86. The highest BCUT2D eigenvalue weighted by Crippen LogP contribution is 2.52. The molecule has 1 saturated heterocycles. The van der Waals surface area contributed by atoms with Gasteiger partial charge in [0.2, 0.25) is 0 Å². The van der Waals surface area contributed by atoms with Gasteiger partial charge < -0.3 is 14.6 Å². The van der Waals surface area contributed by atoms with Crippen LogP contribution in [0.5, 0.6) is 0 Å². The normalized spacial score (nSPS) is 40.2. The minimum Gasteiger partial charge on any atom is -0.386 e. The first-order valence-electron chi connectivity index (χ1n) is 7.54. The second kappa shape index (κ2) is 4.54. The highest BCUT2D eigenvalue weighted by molar-refractivity contribution is 5.37. The minimum atomic E-state index is -0.858.